The van der Waals surface area contributed by atoms with E-state index in [9.17, 15) is 4.79 Å². The highest BCUT2D eigenvalue weighted by Gasteiger charge is 2.39. The number of hydrogen-bond donors (Lipinski definition) is 0. The molecule has 6 heteroatoms. The fourth-order valence-corrected chi connectivity index (χ4v) is 4.73. The van der Waals surface area contributed by atoms with Gasteiger partial charge in [0.15, 0.2) is 5.65 Å². The van der Waals surface area contributed by atoms with Crippen molar-refractivity contribution in [2.24, 2.45) is 7.05 Å². The number of nitrogens with zero attached hydrogens (tertiary/aromatic N) is 5. The first-order valence-corrected chi connectivity index (χ1v) is 9.31. The van der Waals surface area contributed by atoms with Gasteiger partial charge in [-0.1, -0.05) is 0 Å². The monoisotopic (exact) mass is 341 g/mol. The second-order valence-electron chi connectivity index (χ2n) is 7.78. The van der Waals surface area contributed by atoms with Crippen molar-refractivity contribution in [1.82, 2.24) is 24.6 Å². The van der Waals surface area contributed by atoms with E-state index in [0.29, 0.717) is 18.1 Å². The number of fused-ring (bicyclic) bond motifs is 3. The highest BCUT2D eigenvalue weighted by Crippen LogP contribution is 2.33. The van der Waals surface area contributed by atoms with E-state index in [1.165, 1.54) is 12.8 Å². The van der Waals surface area contributed by atoms with Gasteiger partial charge in [0.25, 0.3) is 5.91 Å². The van der Waals surface area contributed by atoms with Crippen LogP contribution in [-0.2, 0) is 7.05 Å². The Morgan fingerprint density at radius 1 is 1.24 bits per heavy atom. The number of carbonyl (C=O) groups is 1. The summed E-state index contributed by atoms with van der Waals surface area (Å²) >= 11 is 0. The lowest BCUT2D eigenvalue weighted by molar-refractivity contribution is 0.0730. The molecular formula is C19H27N5O. The molecule has 2 aliphatic rings. The molecule has 0 saturated carbocycles. The van der Waals surface area contributed by atoms with Crippen LogP contribution in [-0.4, -0.2) is 61.7 Å². The van der Waals surface area contributed by atoms with Crippen molar-refractivity contribution in [3.8, 4) is 0 Å². The maximum Gasteiger partial charge on any atom is 0.254 e. The highest BCUT2D eigenvalue weighted by molar-refractivity contribution is 6.05. The summed E-state index contributed by atoms with van der Waals surface area (Å²) in [5.74, 6) is 0.125. The van der Waals surface area contributed by atoms with Gasteiger partial charge >= 0.3 is 0 Å². The van der Waals surface area contributed by atoms with Crippen molar-refractivity contribution >= 4 is 16.9 Å². The number of hydrogen-bond acceptors (Lipinski definition) is 4. The van der Waals surface area contributed by atoms with Crippen molar-refractivity contribution in [2.75, 3.05) is 13.1 Å². The van der Waals surface area contributed by atoms with Gasteiger partial charge in [0.05, 0.1) is 17.1 Å². The molecular weight excluding hydrogens is 314 g/mol. The van der Waals surface area contributed by atoms with Crippen LogP contribution < -0.4 is 0 Å². The van der Waals surface area contributed by atoms with E-state index in [1.54, 1.807) is 10.9 Å². The third-order valence-corrected chi connectivity index (χ3v) is 5.79. The summed E-state index contributed by atoms with van der Waals surface area (Å²) in [6.45, 7) is 8.15. The highest BCUT2D eigenvalue weighted by atomic mass is 16.2. The molecule has 6 nitrogen and oxygen atoms in total. The Hall–Kier alpha value is -1.95. The van der Waals surface area contributed by atoms with Crippen LogP contribution in [0.5, 0.6) is 0 Å². The van der Waals surface area contributed by atoms with Gasteiger partial charge < -0.3 is 4.90 Å². The zero-order valence-corrected chi connectivity index (χ0v) is 15.6. The van der Waals surface area contributed by atoms with Crippen LogP contribution in [0, 0.1) is 6.92 Å². The van der Waals surface area contributed by atoms with Crippen LogP contribution in [0.1, 0.15) is 49.2 Å². The standard InChI is InChI=1S/C19H27N5O/c1-12(2)24-14-5-6-15(24)11-23(8-7-14)19(25)16-9-13(3)21-18-17(16)10-20-22(18)4/h9-10,12,14-15H,5-8,11H2,1-4H3/t14-,15-/m0/s1. The molecule has 0 aliphatic carbocycles. The summed E-state index contributed by atoms with van der Waals surface area (Å²) in [7, 11) is 1.87. The summed E-state index contributed by atoms with van der Waals surface area (Å²) in [5.41, 5.74) is 2.38. The van der Waals surface area contributed by atoms with E-state index in [4.69, 9.17) is 0 Å². The number of pyridine rings is 1. The van der Waals surface area contributed by atoms with Gasteiger partial charge in [-0.25, -0.2) is 4.98 Å². The number of amides is 1. The first kappa shape index (κ1) is 16.5. The van der Waals surface area contributed by atoms with E-state index in [-0.39, 0.29) is 5.91 Å². The Bertz CT molecular complexity index is 811. The van der Waals surface area contributed by atoms with Crippen molar-refractivity contribution in [3.05, 3.63) is 23.5 Å². The lowest BCUT2D eigenvalue weighted by Crippen LogP contribution is -2.44. The Balaban J connectivity index is 1.66. The van der Waals surface area contributed by atoms with Gasteiger partial charge in [-0.05, 0) is 46.1 Å². The van der Waals surface area contributed by atoms with E-state index in [2.05, 4.69) is 33.7 Å². The van der Waals surface area contributed by atoms with Crippen LogP contribution in [0.4, 0.5) is 0 Å². The molecule has 0 spiro atoms. The summed E-state index contributed by atoms with van der Waals surface area (Å²) < 4.78 is 1.74. The van der Waals surface area contributed by atoms with Crippen molar-refractivity contribution in [1.29, 1.82) is 0 Å². The van der Waals surface area contributed by atoms with Crippen molar-refractivity contribution < 1.29 is 4.79 Å². The minimum absolute atomic E-state index is 0.125. The number of carbonyl (C=O) groups excluding carboxylic acids is 1. The molecule has 0 N–H and O–H groups in total. The topological polar surface area (TPSA) is 54.3 Å². The van der Waals surface area contributed by atoms with Gasteiger partial charge in [0.1, 0.15) is 0 Å². The van der Waals surface area contributed by atoms with Crippen LogP contribution in [0.3, 0.4) is 0 Å². The molecule has 4 heterocycles. The third kappa shape index (κ3) is 2.72. The third-order valence-electron chi connectivity index (χ3n) is 5.79. The minimum atomic E-state index is 0.125. The normalized spacial score (nSPS) is 24.3. The molecule has 1 amide bonds. The van der Waals surface area contributed by atoms with Crippen molar-refractivity contribution in [3.63, 3.8) is 0 Å². The molecule has 0 radical (unpaired) electrons. The second-order valence-corrected chi connectivity index (χ2v) is 7.78. The summed E-state index contributed by atoms with van der Waals surface area (Å²) in [6, 6.07) is 3.57. The van der Waals surface area contributed by atoms with E-state index >= 15 is 0 Å². The van der Waals surface area contributed by atoms with Gasteiger partial charge in [0, 0.05) is 44.0 Å². The van der Waals surface area contributed by atoms with Crippen LogP contribution in [0.25, 0.3) is 11.0 Å². The maximum atomic E-state index is 13.3. The summed E-state index contributed by atoms with van der Waals surface area (Å²) in [4.78, 5) is 22.5. The van der Waals surface area contributed by atoms with Gasteiger partial charge in [0.2, 0.25) is 0 Å². The van der Waals surface area contributed by atoms with Gasteiger partial charge in [-0.3, -0.25) is 14.4 Å². The lowest BCUT2D eigenvalue weighted by atomic mass is 10.1. The quantitative estimate of drug-likeness (QED) is 0.841. The van der Waals surface area contributed by atoms with Crippen LogP contribution in [0.2, 0.25) is 0 Å². The average molecular weight is 341 g/mol. The Labute approximate surface area is 148 Å². The largest absolute Gasteiger partial charge is 0.337 e. The molecule has 0 unspecified atom stereocenters. The second kappa shape index (κ2) is 6.09. The van der Waals surface area contributed by atoms with E-state index in [1.807, 2.05) is 20.0 Å². The maximum absolute atomic E-state index is 13.3. The molecule has 2 aromatic rings. The number of aromatic nitrogens is 3. The summed E-state index contributed by atoms with van der Waals surface area (Å²) in [6.07, 6.45) is 5.30. The molecule has 2 fully saturated rings. The molecule has 2 saturated heterocycles. The molecule has 2 atom stereocenters. The smallest absolute Gasteiger partial charge is 0.254 e. The van der Waals surface area contributed by atoms with E-state index in [0.717, 1.165) is 41.8 Å². The molecule has 25 heavy (non-hydrogen) atoms. The minimum Gasteiger partial charge on any atom is -0.337 e. The van der Waals surface area contributed by atoms with E-state index < -0.39 is 0 Å². The first-order valence-electron chi connectivity index (χ1n) is 9.31. The Morgan fingerprint density at radius 2 is 2.00 bits per heavy atom. The average Bonchev–Trinajstić information content (AvgIpc) is 3.06. The Kier molecular flexibility index (Phi) is 4.02. The van der Waals surface area contributed by atoms with Crippen molar-refractivity contribution in [2.45, 2.75) is 58.2 Å². The SMILES string of the molecule is Cc1cc(C(=O)N2CC[C@@H]3CC[C@@H](C2)N3C(C)C)c2cnn(C)c2n1. The zero-order valence-electron chi connectivity index (χ0n) is 15.6. The molecule has 2 aromatic heterocycles. The molecule has 4 rings (SSSR count). The summed E-state index contributed by atoms with van der Waals surface area (Å²) in [5, 5.41) is 5.15. The van der Waals surface area contributed by atoms with Gasteiger partial charge in [-0.2, -0.15) is 5.10 Å². The van der Waals surface area contributed by atoms with Crippen LogP contribution >= 0.6 is 0 Å². The number of likely N-dealkylation sites (tertiary alicyclic amines) is 1. The first-order chi connectivity index (χ1) is 12.0. The lowest BCUT2D eigenvalue weighted by Gasteiger charge is -2.32. The molecule has 134 valence electrons. The molecule has 2 aliphatic heterocycles. The fourth-order valence-electron chi connectivity index (χ4n) is 4.73. The Morgan fingerprint density at radius 3 is 2.76 bits per heavy atom. The zero-order chi connectivity index (χ0) is 17.7. The predicted molar refractivity (Wildman–Crippen MR) is 97.6 cm³/mol. The molecule has 2 bridgehead atoms. The number of aryl methyl sites for hydroxylation is 2. The fraction of sp³-hybridized carbons (Fsp3) is 0.632. The predicted octanol–water partition coefficient (Wildman–Crippen LogP) is 2.36. The number of rotatable bonds is 2. The molecule has 0 aromatic carbocycles. The van der Waals surface area contributed by atoms with Gasteiger partial charge in [-0.15, -0.1) is 0 Å². The van der Waals surface area contributed by atoms with Crippen LogP contribution in [0.15, 0.2) is 12.3 Å².